The van der Waals surface area contributed by atoms with Crippen LogP contribution in [0, 0.1) is 18.3 Å². The molecule has 0 bridgehead atoms. The molecule has 4 nitrogen and oxygen atoms in total. The van der Waals surface area contributed by atoms with Gasteiger partial charge in [-0.1, -0.05) is 69.5 Å². The first-order valence-corrected chi connectivity index (χ1v) is 10.8. The van der Waals surface area contributed by atoms with Crippen LogP contribution in [-0.2, 0) is 11.4 Å². The van der Waals surface area contributed by atoms with Crippen LogP contribution in [0.2, 0.25) is 10.0 Å². The molecule has 3 rings (SSSR count). The van der Waals surface area contributed by atoms with E-state index in [0.717, 1.165) is 15.6 Å². The number of nitriles is 1. The molecule has 0 aliphatic carbocycles. The van der Waals surface area contributed by atoms with Crippen molar-refractivity contribution < 1.29 is 9.53 Å². The van der Waals surface area contributed by atoms with Gasteiger partial charge in [0, 0.05) is 20.7 Å². The van der Waals surface area contributed by atoms with Crippen molar-refractivity contribution in [2.24, 2.45) is 0 Å². The maximum absolute atomic E-state index is 12.5. The number of halogens is 3. The third-order valence-corrected chi connectivity index (χ3v) is 5.72. The molecule has 0 aliphatic rings. The van der Waals surface area contributed by atoms with Gasteiger partial charge in [-0.2, -0.15) is 5.26 Å². The summed E-state index contributed by atoms with van der Waals surface area (Å²) in [6.07, 6.45) is 1.47. The average molecular weight is 516 g/mol. The molecule has 0 aromatic heterocycles. The Balaban J connectivity index is 1.74. The summed E-state index contributed by atoms with van der Waals surface area (Å²) in [6, 6.07) is 19.9. The highest BCUT2D eigenvalue weighted by Crippen LogP contribution is 2.28. The zero-order valence-electron chi connectivity index (χ0n) is 16.5. The average Bonchev–Trinajstić information content (AvgIpc) is 2.75. The largest absolute Gasteiger partial charge is 0.487 e. The molecule has 156 valence electrons. The molecule has 0 heterocycles. The Kier molecular flexibility index (Phi) is 7.75. The lowest BCUT2D eigenvalue weighted by Gasteiger charge is -2.10. The SMILES string of the molecule is Cc1ccc(Cl)cc1NC(=O)/C(C#N)=C/c1ccc(OCc2ccccc2Br)c(Cl)c1. The maximum Gasteiger partial charge on any atom is 0.266 e. The van der Waals surface area contributed by atoms with Crippen LogP contribution in [0.1, 0.15) is 16.7 Å². The van der Waals surface area contributed by atoms with Gasteiger partial charge in [-0.25, -0.2) is 0 Å². The highest BCUT2D eigenvalue weighted by atomic mass is 79.9. The summed E-state index contributed by atoms with van der Waals surface area (Å²) in [5.74, 6) is -0.0228. The minimum absolute atomic E-state index is 0.0580. The molecule has 0 saturated heterocycles. The number of carbonyl (C=O) groups is 1. The second-order valence-corrected chi connectivity index (χ2v) is 8.35. The first-order chi connectivity index (χ1) is 14.9. The molecular formula is C24H17BrCl2N2O2. The van der Waals surface area contributed by atoms with Crippen LogP contribution >= 0.6 is 39.1 Å². The Morgan fingerprint density at radius 2 is 1.94 bits per heavy atom. The Hall–Kier alpha value is -2.78. The molecule has 7 heteroatoms. The van der Waals surface area contributed by atoms with Crippen LogP contribution in [0.25, 0.3) is 6.08 Å². The summed E-state index contributed by atoms with van der Waals surface area (Å²) >= 11 is 15.8. The van der Waals surface area contributed by atoms with Gasteiger partial charge in [-0.05, 0) is 54.5 Å². The second-order valence-electron chi connectivity index (χ2n) is 6.65. The first-order valence-electron chi connectivity index (χ1n) is 9.22. The number of amides is 1. The number of carbonyl (C=O) groups excluding carboxylic acids is 1. The lowest BCUT2D eigenvalue weighted by atomic mass is 10.1. The molecule has 3 aromatic rings. The van der Waals surface area contributed by atoms with E-state index in [4.69, 9.17) is 27.9 Å². The van der Waals surface area contributed by atoms with Gasteiger partial charge in [0.1, 0.15) is 24.0 Å². The van der Waals surface area contributed by atoms with Crippen molar-refractivity contribution in [3.63, 3.8) is 0 Å². The van der Waals surface area contributed by atoms with Gasteiger partial charge in [0.2, 0.25) is 0 Å². The van der Waals surface area contributed by atoms with E-state index in [1.807, 2.05) is 37.3 Å². The van der Waals surface area contributed by atoms with Gasteiger partial charge in [-0.3, -0.25) is 4.79 Å². The number of anilines is 1. The van der Waals surface area contributed by atoms with Crippen molar-refractivity contribution in [2.75, 3.05) is 5.32 Å². The van der Waals surface area contributed by atoms with E-state index < -0.39 is 5.91 Å². The van der Waals surface area contributed by atoms with Crippen molar-refractivity contribution in [3.8, 4) is 11.8 Å². The van der Waals surface area contributed by atoms with E-state index in [9.17, 15) is 10.1 Å². The maximum atomic E-state index is 12.5. The van der Waals surface area contributed by atoms with Gasteiger partial charge < -0.3 is 10.1 Å². The molecule has 1 N–H and O–H groups in total. The Morgan fingerprint density at radius 1 is 1.16 bits per heavy atom. The standard InChI is InChI=1S/C24H17BrCl2N2O2/c1-15-6-8-19(26)12-22(15)29-24(30)18(13-28)10-16-7-9-23(21(27)11-16)31-14-17-4-2-3-5-20(17)25/h2-12H,14H2,1H3,(H,29,30)/b18-10+. The molecule has 0 fully saturated rings. The van der Waals surface area contributed by atoms with Crippen LogP contribution in [0.4, 0.5) is 5.69 Å². The Labute approximate surface area is 199 Å². The number of benzene rings is 3. The summed E-state index contributed by atoms with van der Waals surface area (Å²) in [7, 11) is 0. The quantitative estimate of drug-likeness (QED) is 0.279. The van der Waals surface area contributed by atoms with Crippen molar-refractivity contribution in [1.29, 1.82) is 5.26 Å². The van der Waals surface area contributed by atoms with E-state index in [1.165, 1.54) is 6.08 Å². The third-order valence-electron chi connectivity index (χ3n) is 4.42. The predicted molar refractivity (Wildman–Crippen MR) is 128 cm³/mol. The van der Waals surface area contributed by atoms with Gasteiger partial charge in [0.15, 0.2) is 0 Å². The zero-order valence-corrected chi connectivity index (χ0v) is 19.6. The van der Waals surface area contributed by atoms with Crippen molar-refractivity contribution in [2.45, 2.75) is 13.5 Å². The minimum Gasteiger partial charge on any atom is -0.487 e. The lowest BCUT2D eigenvalue weighted by molar-refractivity contribution is -0.112. The fraction of sp³-hybridized carbons (Fsp3) is 0.0833. The van der Waals surface area contributed by atoms with Gasteiger partial charge >= 0.3 is 0 Å². The summed E-state index contributed by atoms with van der Waals surface area (Å²) in [6.45, 7) is 2.19. The fourth-order valence-corrected chi connectivity index (χ4v) is 3.54. The van der Waals surface area contributed by atoms with Crippen molar-refractivity contribution in [3.05, 3.63) is 97.4 Å². The predicted octanol–water partition coefficient (Wildman–Crippen LogP) is 7.19. The molecule has 1 amide bonds. The molecule has 0 aliphatic heterocycles. The monoisotopic (exact) mass is 514 g/mol. The van der Waals surface area contributed by atoms with Crippen molar-refractivity contribution >= 4 is 56.8 Å². The molecule has 0 unspecified atom stereocenters. The first kappa shape index (κ1) is 22.9. The molecule has 0 saturated carbocycles. The van der Waals surface area contributed by atoms with E-state index >= 15 is 0 Å². The lowest BCUT2D eigenvalue weighted by Crippen LogP contribution is -2.14. The molecule has 3 aromatic carbocycles. The van der Waals surface area contributed by atoms with Crippen LogP contribution in [0.5, 0.6) is 5.75 Å². The minimum atomic E-state index is -0.529. The second kappa shape index (κ2) is 10.5. The number of nitrogens with one attached hydrogen (secondary N) is 1. The number of ether oxygens (including phenoxy) is 1. The summed E-state index contributed by atoms with van der Waals surface area (Å²) in [5.41, 5.74) is 2.92. The van der Waals surface area contributed by atoms with Gasteiger partial charge in [-0.15, -0.1) is 0 Å². The number of nitrogens with zero attached hydrogens (tertiary/aromatic N) is 1. The number of aryl methyl sites for hydroxylation is 1. The topological polar surface area (TPSA) is 62.1 Å². The summed E-state index contributed by atoms with van der Waals surface area (Å²) in [5, 5.41) is 13.0. The van der Waals surface area contributed by atoms with E-state index in [2.05, 4.69) is 21.2 Å². The summed E-state index contributed by atoms with van der Waals surface area (Å²) < 4.78 is 6.75. The van der Waals surface area contributed by atoms with Crippen molar-refractivity contribution in [1.82, 2.24) is 0 Å². The van der Waals surface area contributed by atoms with Crippen LogP contribution in [0.3, 0.4) is 0 Å². The van der Waals surface area contributed by atoms with E-state index in [1.54, 1.807) is 36.4 Å². The molecule has 0 atom stereocenters. The third kappa shape index (κ3) is 6.11. The number of rotatable bonds is 6. The van der Waals surface area contributed by atoms with Gasteiger partial charge in [0.05, 0.1) is 5.02 Å². The van der Waals surface area contributed by atoms with E-state index in [-0.39, 0.29) is 5.57 Å². The molecule has 0 radical (unpaired) electrons. The number of hydrogen-bond donors (Lipinski definition) is 1. The van der Waals surface area contributed by atoms with Crippen LogP contribution < -0.4 is 10.1 Å². The summed E-state index contributed by atoms with van der Waals surface area (Å²) in [4.78, 5) is 12.5. The highest BCUT2D eigenvalue weighted by Gasteiger charge is 2.12. The smallest absolute Gasteiger partial charge is 0.266 e. The number of hydrogen-bond acceptors (Lipinski definition) is 3. The zero-order chi connectivity index (χ0) is 22.4. The van der Waals surface area contributed by atoms with Gasteiger partial charge in [0.25, 0.3) is 5.91 Å². The van der Waals surface area contributed by atoms with Crippen LogP contribution in [0.15, 0.2) is 70.7 Å². The molecule has 0 spiro atoms. The molecule has 31 heavy (non-hydrogen) atoms. The molecular weight excluding hydrogens is 499 g/mol. The normalized spacial score (nSPS) is 11.0. The Morgan fingerprint density at radius 3 is 2.65 bits per heavy atom. The van der Waals surface area contributed by atoms with E-state index in [0.29, 0.717) is 33.7 Å². The highest BCUT2D eigenvalue weighted by molar-refractivity contribution is 9.10. The Bertz CT molecular complexity index is 1200. The van der Waals surface area contributed by atoms with Crippen LogP contribution in [-0.4, -0.2) is 5.91 Å². The fourth-order valence-electron chi connectivity index (χ4n) is 2.73.